The molecule has 5 rings (SSSR count). The third-order valence-corrected chi connectivity index (χ3v) is 7.14. The SMILES string of the molecule is COc1cccc2ccc(-c3nnc4ccc([C@@H](N5CCC(N(CCF)C(=O)OC(C)(C)C)C5)C(F)(F)F)cn34)nc12. The van der Waals surface area contributed by atoms with E-state index in [0.717, 1.165) is 5.39 Å². The zero-order valence-electron chi connectivity index (χ0n) is 23.7. The van der Waals surface area contributed by atoms with E-state index in [2.05, 4.69) is 15.2 Å². The second-order valence-electron chi connectivity index (χ2n) is 11.2. The van der Waals surface area contributed by atoms with Crippen LogP contribution in [-0.2, 0) is 4.74 Å². The molecule has 0 spiro atoms. The number of pyridine rings is 2. The molecule has 2 atom stereocenters. The maximum absolute atomic E-state index is 14.6. The van der Waals surface area contributed by atoms with E-state index in [1.807, 2.05) is 18.2 Å². The Labute approximate surface area is 240 Å². The number of fused-ring (bicyclic) bond motifs is 2. The van der Waals surface area contributed by atoms with Gasteiger partial charge in [-0.3, -0.25) is 9.30 Å². The average Bonchev–Trinajstić information content (AvgIpc) is 3.56. The van der Waals surface area contributed by atoms with E-state index in [1.54, 1.807) is 32.9 Å². The lowest BCUT2D eigenvalue weighted by Gasteiger charge is -2.33. The highest BCUT2D eigenvalue weighted by atomic mass is 19.4. The number of carbonyl (C=O) groups excluding carboxylic acids is 1. The molecule has 1 fully saturated rings. The minimum Gasteiger partial charge on any atom is -0.494 e. The third kappa shape index (κ3) is 5.96. The van der Waals surface area contributed by atoms with Gasteiger partial charge in [-0.1, -0.05) is 24.3 Å². The summed E-state index contributed by atoms with van der Waals surface area (Å²) in [6.45, 7) is 3.90. The van der Waals surface area contributed by atoms with Gasteiger partial charge in [-0.15, -0.1) is 10.2 Å². The largest absolute Gasteiger partial charge is 0.494 e. The normalized spacial score (nSPS) is 17.1. The Kier molecular flexibility index (Phi) is 7.97. The van der Waals surface area contributed by atoms with Gasteiger partial charge in [0.15, 0.2) is 11.5 Å². The lowest BCUT2D eigenvalue weighted by Crippen LogP contribution is -2.46. The Balaban J connectivity index is 1.48. The molecule has 4 heterocycles. The van der Waals surface area contributed by atoms with Crippen LogP contribution in [0.2, 0.25) is 0 Å². The lowest BCUT2D eigenvalue weighted by atomic mass is 10.1. The molecule has 224 valence electrons. The highest BCUT2D eigenvalue weighted by molar-refractivity contribution is 5.86. The summed E-state index contributed by atoms with van der Waals surface area (Å²) in [4.78, 5) is 19.9. The minimum atomic E-state index is -4.64. The molecule has 4 aromatic rings. The standard InChI is InChI=1S/C29H32F4N6O3/c1-28(2,3)42-27(40)38(15-13-30)20-12-14-37(17-20)25(29(31,32)33)19-9-11-23-35-36-26(39(23)16-19)21-10-8-18-6-5-7-22(41-4)24(18)34-21/h5-11,16,20,25H,12-15,17H2,1-4H3/t20?,25-/m1/s1. The summed E-state index contributed by atoms with van der Waals surface area (Å²) in [6, 6.07) is 9.31. The van der Waals surface area contributed by atoms with Crippen molar-refractivity contribution in [1.29, 1.82) is 0 Å². The maximum atomic E-state index is 14.6. The van der Waals surface area contributed by atoms with Gasteiger partial charge in [-0.2, -0.15) is 13.2 Å². The summed E-state index contributed by atoms with van der Waals surface area (Å²) in [5.41, 5.74) is 0.514. The molecule has 1 amide bonds. The van der Waals surface area contributed by atoms with Crippen LogP contribution in [-0.4, -0.2) is 86.7 Å². The second kappa shape index (κ2) is 11.3. The fraction of sp³-hybridized carbons (Fsp3) is 0.448. The summed E-state index contributed by atoms with van der Waals surface area (Å²) in [6.07, 6.45) is -3.76. The number of amides is 1. The molecule has 3 aromatic heterocycles. The van der Waals surface area contributed by atoms with Crippen LogP contribution < -0.4 is 4.74 Å². The van der Waals surface area contributed by atoms with Crippen LogP contribution in [0.1, 0.15) is 38.8 Å². The van der Waals surface area contributed by atoms with E-state index >= 15 is 0 Å². The Hall–Kier alpha value is -4.00. The number of hydrogen-bond donors (Lipinski definition) is 0. The lowest BCUT2D eigenvalue weighted by molar-refractivity contribution is -0.184. The number of alkyl halides is 4. The quantitative estimate of drug-likeness (QED) is 0.251. The summed E-state index contributed by atoms with van der Waals surface area (Å²) in [7, 11) is 1.53. The molecule has 13 heteroatoms. The van der Waals surface area contributed by atoms with Gasteiger partial charge in [-0.25, -0.2) is 14.2 Å². The number of nitrogens with zero attached hydrogens (tertiary/aromatic N) is 6. The van der Waals surface area contributed by atoms with E-state index in [-0.39, 0.29) is 37.4 Å². The highest BCUT2D eigenvalue weighted by Gasteiger charge is 2.48. The molecule has 9 nitrogen and oxygen atoms in total. The van der Waals surface area contributed by atoms with Crippen LogP contribution in [0.15, 0.2) is 48.7 Å². The van der Waals surface area contributed by atoms with E-state index in [0.29, 0.717) is 22.6 Å². The van der Waals surface area contributed by atoms with Crippen molar-refractivity contribution < 1.29 is 31.8 Å². The minimum absolute atomic E-state index is 0.0237. The molecular formula is C29H32F4N6O3. The molecule has 0 N–H and O–H groups in total. The van der Waals surface area contributed by atoms with Gasteiger partial charge in [0, 0.05) is 30.7 Å². The summed E-state index contributed by atoms with van der Waals surface area (Å²) < 4.78 is 69.6. The van der Waals surface area contributed by atoms with Crippen LogP contribution in [0.25, 0.3) is 28.1 Å². The number of aromatic nitrogens is 4. The van der Waals surface area contributed by atoms with Crippen molar-refractivity contribution in [2.24, 2.45) is 0 Å². The number of hydrogen-bond acceptors (Lipinski definition) is 7. The number of carbonyl (C=O) groups is 1. The zero-order valence-corrected chi connectivity index (χ0v) is 23.7. The van der Waals surface area contributed by atoms with Gasteiger partial charge in [-0.05, 0) is 51.0 Å². The van der Waals surface area contributed by atoms with Gasteiger partial charge in [0.1, 0.15) is 35.3 Å². The van der Waals surface area contributed by atoms with Crippen molar-refractivity contribution in [3.05, 3.63) is 54.2 Å². The van der Waals surface area contributed by atoms with E-state index in [4.69, 9.17) is 9.47 Å². The molecule has 0 radical (unpaired) electrons. The molecule has 1 unspecified atom stereocenters. The van der Waals surface area contributed by atoms with E-state index < -0.39 is 36.6 Å². The maximum Gasteiger partial charge on any atom is 0.410 e. The number of rotatable bonds is 7. The predicted octanol–water partition coefficient (Wildman–Crippen LogP) is 5.84. The molecule has 0 saturated carbocycles. The van der Waals surface area contributed by atoms with Gasteiger partial charge in [0.2, 0.25) is 0 Å². The van der Waals surface area contributed by atoms with Crippen LogP contribution in [0.3, 0.4) is 0 Å². The van der Waals surface area contributed by atoms with Crippen LogP contribution in [0.5, 0.6) is 5.75 Å². The Bertz CT molecular complexity index is 1590. The van der Waals surface area contributed by atoms with Crippen molar-refractivity contribution in [2.45, 2.75) is 51.1 Å². The number of ether oxygens (including phenoxy) is 2. The fourth-order valence-electron chi connectivity index (χ4n) is 5.35. The number of methoxy groups -OCH3 is 1. The van der Waals surface area contributed by atoms with Crippen molar-refractivity contribution in [3.8, 4) is 17.3 Å². The molecule has 1 aliphatic rings. The molecule has 42 heavy (non-hydrogen) atoms. The first-order chi connectivity index (χ1) is 19.9. The average molecular weight is 589 g/mol. The fourth-order valence-corrected chi connectivity index (χ4v) is 5.35. The van der Waals surface area contributed by atoms with Gasteiger partial charge in [0.25, 0.3) is 0 Å². The topological polar surface area (TPSA) is 85.1 Å². The van der Waals surface area contributed by atoms with Gasteiger partial charge < -0.3 is 14.4 Å². The molecule has 1 saturated heterocycles. The van der Waals surface area contributed by atoms with Crippen molar-refractivity contribution in [2.75, 3.05) is 33.4 Å². The predicted molar refractivity (Wildman–Crippen MR) is 148 cm³/mol. The van der Waals surface area contributed by atoms with Crippen molar-refractivity contribution in [1.82, 2.24) is 29.4 Å². The third-order valence-electron chi connectivity index (χ3n) is 7.14. The smallest absolute Gasteiger partial charge is 0.410 e. The van der Waals surface area contributed by atoms with Crippen LogP contribution in [0.4, 0.5) is 22.4 Å². The zero-order chi connectivity index (χ0) is 30.2. The summed E-state index contributed by atoms with van der Waals surface area (Å²) >= 11 is 0. The molecular weight excluding hydrogens is 556 g/mol. The molecule has 1 aromatic carbocycles. The van der Waals surface area contributed by atoms with Crippen molar-refractivity contribution >= 4 is 22.6 Å². The Morgan fingerprint density at radius 2 is 1.90 bits per heavy atom. The van der Waals surface area contributed by atoms with Crippen LogP contribution >= 0.6 is 0 Å². The van der Waals surface area contributed by atoms with Crippen molar-refractivity contribution in [3.63, 3.8) is 0 Å². The number of para-hydroxylation sites is 1. The van der Waals surface area contributed by atoms with Gasteiger partial charge in [0.05, 0.1) is 13.7 Å². The van der Waals surface area contributed by atoms with E-state index in [9.17, 15) is 22.4 Å². The molecule has 0 bridgehead atoms. The first-order valence-electron chi connectivity index (χ1n) is 13.5. The number of likely N-dealkylation sites (tertiary alicyclic amines) is 1. The Morgan fingerprint density at radius 3 is 2.60 bits per heavy atom. The van der Waals surface area contributed by atoms with Gasteiger partial charge >= 0.3 is 12.3 Å². The van der Waals surface area contributed by atoms with E-state index in [1.165, 1.54) is 39.6 Å². The number of halogens is 4. The first-order valence-corrected chi connectivity index (χ1v) is 13.5. The first kappa shape index (κ1) is 29.5. The second-order valence-corrected chi connectivity index (χ2v) is 11.2. The Morgan fingerprint density at radius 1 is 1.12 bits per heavy atom. The molecule has 1 aliphatic heterocycles. The van der Waals surface area contributed by atoms with Crippen LogP contribution in [0, 0.1) is 0 Å². The summed E-state index contributed by atoms with van der Waals surface area (Å²) in [5, 5.41) is 9.18. The monoisotopic (exact) mass is 588 g/mol. The summed E-state index contributed by atoms with van der Waals surface area (Å²) in [5.74, 6) is 0.830. The number of benzene rings is 1. The molecule has 0 aliphatic carbocycles. The highest BCUT2D eigenvalue weighted by Crippen LogP contribution is 2.40.